The molecule has 0 rings (SSSR count). The predicted octanol–water partition coefficient (Wildman–Crippen LogP) is -0.00500. The first-order valence-corrected chi connectivity index (χ1v) is 0. The van der Waals surface area contributed by atoms with Crippen LogP contribution in [0.1, 0.15) is 0 Å². The van der Waals surface area contributed by atoms with Gasteiger partial charge < -0.3 is 0 Å². The van der Waals surface area contributed by atoms with Crippen LogP contribution in [0.15, 0.2) is 0 Å². The van der Waals surface area contributed by atoms with Crippen molar-refractivity contribution in [3.8, 4) is 0 Å². The van der Waals surface area contributed by atoms with Crippen molar-refractivity contribution < 1.29 is 112 Å². The molecule has 0 aliphatic carbocycles. The van der Waals surface area contributed by atoms with Crippen molar-refractivity contribution in [2.24, 2.45) is 0 Å². The molecule has 0 aliphatic heterocycles. The van der Waals surface area contributed by atoms with Crippen LogP contribution in [-0.4, -0.2) is 0 Å². The third-order valence-corrected chi connectivity index (χ3v) is 0. The van der Waals surface area contributed by atoms with Crippen LogP contribution in [-0.2, 0) is 34.4 Å². The third-order valence-electron chi connectivity index (χ3n) is 0. The van der Waals surface area contributed by atoms with Crippen molar-refractivity contribution in [3.63, 3.8) is 0 Å². The second kappa shape index (κ2) is 16.0. The molecular formula is CeCrCuLa. The zero-order valence-electron chi connectivity index (χ0n) is 1.79. The van der Waals surface area contributed by atoms with Crippen LogP contribution in [0.25, 0.3) is 0 Å². The topological polar surface area (TPSA) is 0 Å². The fourth-order valence-corrected chi connectivity index (χ4v) is 0. The van der Waals surface area contributed by atoms with Crippen LogP contribution in [0.5, 0.6) is 0 Å². The summed E-state index contributed by atoms with van der Waals surface area (Å²) >= 11 is 0. The summed E-state index contributed by atoms with van der Waals surface area (Å²) in [6.45, 7) is 0. The van der Waals surface area contributed by atoms with E-state index in [2.05, 4.69) is 0 Å². The molecule has 0 aliphatic rings. The van der Waals surface area contributed by atoms with Gasteiger partial charge in [0.2, 0.25) is 0 Å². The SMILES string of the molecule is [Ce].[Cr].[Cu].[La]. The van der Waals surface area contributed by atoms with E-state index in [9.17, 15) is 0 Å². The molecule has 0 nitrogen and oxygen atoms in total. The molecule has 0 saturated carbocycles. The Hall–Kier alpha value is 3.62. The minimum Gasteiger partial charge on any atom is 0 e. The van der Waals surface area contributed by atoms with Crippen molar-refractivity contribution in [2.45, 2.75) is 0 Å². The van der Waals surface area contributed by atoms with E-state index in [1.54, 1.807) is 0 Å². The van der Waals surface area contributed by atoms with Gasteiger partial charge in [-0.1, -0.05) is 0 Å². The Kier molecular flexibility index (Phi) is 102. The Morgan fingerprint density at radius 1 is 1.00 bits per heavy atom. The molecule has 0 amide bonds. The van der Waals surface area contributed by atoms with Crippen LogP contribution in [0.3, 0.4) is 0 Å². The molecule has 24 valence electrons. The van der Waals surface area contributed by atoms with Crippen LogP contribution >= 0.6 is 0 Å². The number of hydrogen-bond donors (Lipinski definition) is 0. The van der Waals surface area contributed by atoms with Crippen LogP contribution in [0, 0.1) is 77.3 Å². The number of hydrogen-bond acceptors (Lipinski definition) is 0. The summed E-state index contributed by atoms with van der Waals surface area (Å²) < 4.78 is 0. The van der Waals surface area contributed by atoms with Gasteiger partial charge in [-0.3, -0.25) is 0 Å². The van der Waals surface area contributed by atoms with Gasteiger partial charge in [0.05, 0.1) is 0 Å². The van der Waals surface area contributed by atoms with E-state index in [-0.39, 0.29) is 112 Å². The first kappa shape index (κ1) is 25.5. The normalized spacial score (nSPS) is 0. The summed E-state index contributed by atoms with van der Waals surface area (Å²) in [6, 6.07) is 0. The maximum Gasteiger partial charge on any atom is 0 e. The molecule has 0 unspecified atom stereocenters. The maximum atomic E-state index is 0. The maximum absolute atomic E-state index is 0. The molecule has 0 aromatic rings. The first-order chi connectivity index (χ1) is 0. The summed E-state index contributed by atoms with van der Waals surface area (Å²) in [5.74, 6) is 0. The van der Waals surface area contributed by atoms with Gasteiger partial charge in [-0.15, -0.1) is 0 Å². The summed E-state index contributed by atoms with van der Waals surface area (Å²) in [5.41, 5.74) is 0. The molecule has 2 radical (unpaired) electrons. The summed E-state index contributed by atoms with van der Waals surface area (Å²) in [6.07, 6.45) is 0. The van der Waals surface area contributed by atoms with Crippen LogP contribution in [0.4, 0.5) is 0 Å². The molecule has 0 atom stereocenters. The van der Waals surface area contributed by atoms with E-state index in [1.807, 2.05) is 0 Å². The van der Waals surface area contributed by atoms with Gasteiger partial charge in [-0.2, -0.15) is 0 Å². The summed E-state index contributed by atoms with van der Waals surface area (Å²) in [5, 5.41) is 0. The Morgan fingerprint density at radius 2 is 1.00 bits per heavy atom. The van der Waals surface area contributed by atoms with Crippen molar-refractivity contribution in [2.75, 3.05) is 0 Å². The van der Waals surface area contributed by atoms with Gasteiger partial charge in [0, 0.05) is 112 Å². The monoisotopic (exact) mass is 394 g/mol. The van der Waals surface area contributed by atoms with Crippen LogP contribution in [0.2, 0.25) is 0 Å². The number of rotatable bonds is 0. The summed E-state index contributed by atoms with van der Waals surface area (Å²) in [4.78, 5) is 0. The molecule has 0 spiro atoms. The van der Waals surface area contributed by atoms with E-state index in [1.165, 1.54) is 0 Å². The van der Waals surface area contributed by atoms with E-state index in [0.717, 1.165) is 0 Å². The second-order valence-electron chi connectivity index (χ2n) is 0. The molecular weight excluding hydrogens is 395 g/mol. The van der Waals surface area contributed by atoms with E-state index < -0.39 is 0 Å². The molecule has 0 saturated heterocycles. The van der Waals surface area contributed by atoms with Gasteiger partial charge in [0.25, 0.3) is 0 Å². The zero-order valence-corrected chi connectivity index (χ0v) is 10.8. The third kappa shape index (κ3) is 9.16. The van der Waals surface area contributed by atoms with E-state index in [4.69, 9.17) is 0 Å². The molecule has 0 fully saturated rings. The van der Waals surface area contributed by atoms with E-state index >= 15 is 0 Å². The molecule has 4 heteroatoms. The average molecular weight is 395 g/mol. The van der Waals surface area contributed by atoms with Gasteiger partial charge in [-0.05, 0) is 0 Å². The smallest absolute Gasteiger partial charge is 0 e. The van der Waals surface area contributed by atoms with Gasteiger partial charge in [-0.25, -0.2) is 0 Å². The van der Waals surface area contributed by atoms with Gasteiger partial charge >= 0.3 is 0 Å². The minimum atomic E-state index is 0. The Labute approximate surface area is 109 Å². The van der Waals surface area contributed by atoms with Crippen molar-refractivity contribution in [1.29, 1.82) is 0 Å². The van der Waals surface area contributed by atoms with E-state index in [0.29, 0.717) is 0 Å². The summed E-state index contributed by atoms with van der Waals surface area (Å²) in [7, 11) is 0. The Balaban J connectivity index is 0. The van der Waals surface area contributed by atoms with Crippen molar-refractivity contribution in [3.05, 3.63) is 0 Å². The molecule has 0 heterocycles. The Bertz CT molecular complexity index is 8.00. The van der Waals surface area contributed by atoms with Crippen LogP contribution < -0.4 is 0 Å². The van der Waals surface area contributed by atoms with Crippen molar-refractivity contribution >= 4 is 0 Å². The first-order valence-electron chi connectivity index (χ1n) is 0. The molecule has 0 aromatic heterocycles. The quantitative estimate of drug-likeness (QED) is 0.507. The molecule has 0 aromatic carbocycles. The Morgan fingerprint density at radius 3 is 1.00 bits per heavy atom. The largest absolute Gasteiger partial charge is 0 e. The van der Waals surface area contributed by atoms with Crippen molar-refractivity contribution in [1.82, 2.24) is 0 Å². The van der Waals surface area contributed by atoms with Gasteiger partial charge in [0.1, 0.15) is 0 Å². The molecule has 0 N–H and O–H groups in total. The fraction of sp³-hybridized carbons (Fsp3) is 0. The molecule has 0 bridgehead atoms. The average Bonchev–Trinajstić information content (AvgIpc) is 0. The second-order valence-corrected chi connectivity index (χ2v) is 0. The predicted molar refractivity (Wildman–Crippen MR) is 0 cm³/mol. The minimum absolute atomic E-state index is 0. The fourth-order valence-electron chi connectivity index (χ4n) is 0. The molecule has 4 heavy (non-hydrogen) atoms. The zero-order chi connectivity index (χ0) is 0. The van der Waals surface area contributed by atoms with Gasteiger partial charge in [0.15, 0.2) is 0 Å². The standard InChI is InChI=1S/Ce.Cr.Cu.La.